The van der Waals surface area contributed by atoms with Crippen LogP contribution in [-0.4, -0.2) is 49.9 Å². The number of benzene rings is 1. The van der Waals surface area contributed by atoms with Gasteiger partial charge in [-0.3, -0.25) is 4.79 Å². The van der Waals surface area contributed by atoms with Crippen LogP contribution < -0.4 is 10.0 Å². The van der Waals surface area contributed by atoms with E-state index >= 15 is 0 Å². The van der Waals surface area contributed by atoms with Crippen molar-refractivity contribution in [1.29, 1.82) is 0 Å². The number of aromatic nitrogens is 1. The number of anilines is 2. The molecule has 1 aromatic heterocycles. The zero-order valence-corrected chi connectivity index (χ0v) is 17.0. The lowest BCUT2D eigenvalue weighted by Gasteiger charge is -2.18. The lowest BCUT2D eigenvalue weighted by molar-refractivity contribution is 0.0973. The molecule has 1 aliphatic heterocycles. The number of ether oxygens (including phenoxy) is 1. The maximum absolute atomic E-state index is 12.4. The van der Waals surface area contributed by atoms with Crippen LogP contribution in [0.3, 0.4) is 0 Å². The number of hydrogen-bond acceptors (Lipinski definition) is 7. The fourth-order valence-corrected chi connectivity index (χ4v) is 4.35. The SMILES string of the molecule is Cc1ccc(C2CC2)cc1Nc1nc(C(=O)NS(=O)(=O)N2CCCOCC2)co1. The number of amides is 1. The normalized spacial score (nSPS) is 18.2. The standard InChI is InChI=1S/C19H24N4O5S/c1-13-3-4-15(14-5-6-14)11-16(13)20-19-21-17(12-28-19)18(24)22-29(25,26)23-7-2-9-27-10-8-23/h3-4,11-12,14H,2,5-10H2,1H3,(H,20,21)(H,22,24). The maximum atomic E-state index is 12.4. The molecule has 0 atom stereocenters. The first-order valence-electron chi connectivity index (χ1n) is 9.65. The van der Waals surface area contributed by atoms with E-state index in [9.17, 15) is 13.2 Å². The highest BCUT2D eigenvalue weighted by Crippen LogP contribution is 2.41. The number of carbonyl (C=O) groups is 1. The first kappa shape index (κ1) is 19.9. The summed E-state index contributed by atoms with van der Waals surface area (Å²) in [6.07, 6.45) is 4.11. The van der Waals surface area contributed by atoms with Gasteiger partial charge in [-0.1, -0.05) is 12.1 Å². The predicted molar refractivity (Wildman–Crippen MR) is 106 cm³/mol. The van der Waals surface area contributed by atoms with E-state index < -0.39 is 16.1 Å². The molecule has 1 aromatic carbocycles. The highest BCUT2D eigenvalue weighted by atomic mass is 32.2. The third-order valence-electron chi connectivity index (χ3n) is 5.03. The molecule has 0 bridgehead atoms. The number of aryl methyl sites for hydroxylation is 1. The minimum atomic E-state index is -3.97. The van der Waals surface area contributed by atoms with Crippen molar-refractivity contribution in [3.8, 4) is 0 Å². The average Bonchev–Trinajstić information content (AvgIpc) is 3.47. The van der Waals surface area contributed by atoms with Gasteiger partial charge in [-0.15, -0.1) is 0 Å². The van der Waals surface area contributed by atoms with E-state index in [1.54, 1.807) is 0 Å². The molecule has 0 spiro atoms. The van der Waals surface area contributed by atoms with E-state index in [1.807, 2.05) is 17.7 Å². The number of oxazole rings is 1. The zero-order chi connectivity index (χ0) is 20.4. The van der Waals surface area contributed by atoms with E-state index in [1.165, 1.54) is 22.7 Å². The molecule has 29 heavy (non-hydrogen) atoms. The maximum Gasteiger partial charge on any atom is 0.304 e. The summed E-state index contributed by atoms with van der Waals surface area (Å²) in [5.41, 5.74) is 3.01. The van der Waals surface area contributed by atoms with Crippen molar-refractivity contribution in [1.82, 2.24) is 14.0 Å². The molecule has 2 aliphatic rings. The van der Waals surface area contributed by atoms with Crippen molar-refractivity contribution in [3.63, 3.8) is 0 Å². The molecule has 2 heterocycles. The predicted octanol–water partition coefficient (Wildman–Crippen LogP) is 2.30. The summed E-state index contributed by atoms with van der Waals surface area (Å²) >= 11 is 0. The second kappa shape index (κ2) is 8.13. The molecule has 10 heteroatoms. The molecule has 1 amide bonds. The molecular formula is C19H24N4O5S. The van der Waals surface area contributed by atoms with Gasteiger partial charge in [0.15, 0.2) is 5.69 Å². The number of hydrogen-bond donors (Lipinski definition) is 2. The van der Waals surface area contributed by atoms with Crippen LogP contribution >= 0.6 is 0 Å². The first-order valence-corrected chi connectivity index (χ1v) is 11.1. The molecule has 4 rings (SSSR count). The van der Waals surface area contributed by atoms with Gasteiger partial charge >= 0.3 is 10.2 Å². The van der Waals surface area contributed by atoms with Gasteiger partial charge in [0.05, 0.1) is 6.61 Å². The molecule has 0 radical (unpaired) electrons. The van der Waals surface area contributed by atoms with Crippen LogP contribution in [0.5, 0.6) is 0 Å². The second-order valence-electron chi connectivity index (χ2n) is 7.31. The number of carbonyl (C=O) groups excluding carboxylic acids is 1. The fourth-order valence-electron chi connectivity index (χ4n) is 3.19. The topological polar surface area (TPSA) is 114 Å². The molecule has 2 N–H and O–H groups in total. The van der Waals surface area contributed by atoms with Gasteiger partial charge in [0.1, 0.15) is 6.26 Å². The van der Waals surface area contributed by atoms with Crippen LogP contribution in [0.4, 0.5) is 11.7 Å². The molecule has 156 valence electrons. The van der Waals surface area contributed by atoms with Crippen LogP contribution in [0, 0.1) is 6.92 Å². The Morgan fingerprint density at radius 3 is 2.86 bits per heavy atom. The zero-order valence-electron chi connectivity index (χ0n) is 16.2. The van der Waals surface area contributed by atoms with Crippen molar-refractivity contribution < 1.29 is 22.4 Å². The smallest absolute Gasteiger partial charge is 0.304 e. The van der Waals surface area contributed by atoms with Gasteiger partial charge in [0.2, 0.25) is 0 Å². The molecule has 2 fully saturated rings. The Hall–Kier alpha value is -2.43. The summed E-state index contributed by atoms with van der Waals surface area (Å²) in [5.74, 6) is -0.230. The minimum absolute atomic E-state index is 0.113. The first-order chi connectivity index (χ1) is 13.9. The highest BCUT2D eigenvalue weighted by Gasteiger charge is 2.27. The van der Waals surface area contributed by atoms with Gasteiger partial charge in [-0.2, -0.15) is 17.7 Å². The monoisotopic (exact) mass is 420 g/mol. The molecule has 1 saturated carbocycles. The Balaban J connectivity index is 1.43. The van der Waals surface area contributed by atoms with Crippen LogP contribution in [-0.2, 0) is 14.9 Å². The minimum Gasteiger partial charge on any atom is -0.431 e. The quantitative estimate of drug-likeness (QED) is 0.737. The molecular weight excluding hydrogens is 396 g/mol. The van der Waals surface area contributed by atoms with Crippen LogP contribution in [0.25, 0.3) is 0 Å². The van der Waals surface area contributed by atoms with Crippen molar-refractivity contribution in [3.05, 3.63) is 41.3 Å². The summed E-state index contributed by atoms with van der Waals surface area (Å²) in [4.78, 5) is 16.5. The molecule has 2 aromatic rings. The van der Waals surface area contributed by atoms with Crippen molar-refractivity contribution >= 4 is 27.8 Å². The number of rotatable bonds is 6. The van der Waals surface area contributed by atoms with Crippen molar-refractivity contribution in [2.45, 2.75) is 32.1 Å². The third-order valence-corrected chi connectivity index (χ3v) is 6.52. The Labute approximate surface area is 169 Å². The van der Waals surface area contributed by atoms with Crippen LogP contribution in [0.15, 0.2) is 28.9 Å². The summed E-state index contributed by atoms with van der Waals surface area (Å²) in [7, 11) is -3.97. The Kier molecular flexibility index (Phi) is 5.57. The van der Waals surface area contributed by atoms with Gasteiger partial charge in [0.25, 0.3) is 11.9 Å². The number of nitrogens with one attached hydrogen (secondary N) is 2. The van der Waals surface area contributed by atoms with Crippen molar-refractivity contribution in [2.24, 2.45) is 0 Å². The number of nitrogens with zero attached hydrogens (tertiary/aromatic N) is 2. The van der Waals surface area contributed by atoms with E-state index in [-0.39, 0.29) is 18.3 Å². The average molecular weight is 420 g/mol. The molecule has 9 nitrogen and oxygen atoms in total. The molecule has 0 unspecified atom stereocenters. The van der Waals surface area contributed by atoms with E-state index in [4.69, 9.17) is 9.15 Å². The van der Waals surface area contributed by atoms with Gasteiger partial charge in [-0.05, 0) is 49.3 Å². The third kappa shape index (κ3) is 4.77. The lowest BCUT2D eigenvalue weighted by atomic mass is 10.1. The lowest BCUT2D eigenvalue weighted by Crippen LogP contribution is -2.44. The molecule has 1 aliphatic carbocycles. The van der Waals surface area contributed by atoms with E-state index in [0.29, 0.717) is 32.1 Å². The summed E-state index contributed by atoms with van der Waals surface area (Å²) < 4.78 is 38.7. The van der Waals surface area contributed by atoms with Gasteiger partial charge in [-0.25, -0.2) is 4.72 Å². The fraction of sp³-hybridized carbons (Fsp3) is 0.474. The summed E-state index contributed by atoms with van der Waals surface area (Å²) in [6.45, 7) is 3.26. The highest BCUT2D eigenvalue weighted by molar-refractivity contribution is 7.87. The second-order valence-corrected chi connectivity index (χ2v) is 8.98. The Morgan fingerprint density at radius 2 is 2.07 bits per heavy atom. The molecule has 1 saturated heterocycles. The van der Waals surface area contributed by atoms with E-state index in [0.717, 1.165) is 17.5 Å². The Morgan fingerprint density at radius 1 is 1.24 bits per heavy atom. The van der Waals surface area contributed by atoms with Gasteiger partial charge in [0, 0.05) is 25.4 Å². The van der Waals surface area contributed by atoms with Crippen LogP contribution in [0.1, 0.15) is 46.8 Å². The van der Waals surface area contributed by atoms with Crippen molar-refractivity contribution in [2.75, 3.05) is 31.6 Å². The summed E-state index contributed by atoms with van der Waals surface area (Å²) in [6, 6.07) is 6.34. The summed E-state index contributed by atoms with van der Waals surface area (Å²) in [5, 5.41) is 3.07. The van der Waals surface area contributed by atoms with Crippen LogP contribution in [0.2, 0.25) is 0 Å². The van der Waals surface area contributed by atoms with E-state index in [2.05, 4.69) is 22.4 Å². The Bertz CT molecular complexity index is 992. The van der Waals surface area contributed by atoms with Gasteiger partial charge < -0.3 is 14.5 Å². The largest absolute Gasteiger partial charge is 0.431 e.